The number of nitrogens with zero attached hydrogens (tertiary/aromatic N) is 1. The number of aliphatic hydroxyl groups is 1. The van der Waals surface area contributed by atoms with Crippen molar-refractivity contribution < 1.29 is 5.11 Å². The molecule has 1 aliphatic heterocycles. The second-order valence-electron chi connectivity index (χ2n) is 3.39. The molecule has 0 saturated carbocycles. The quantitative estimate of drug-likeness (QED) is 0.584. The highest BCUT2D eigenvalue weighted by atomic mass is 16.3. The van der Waals surface area contributed by atoms with E-state index in [4.69, 9.17) is 10.8 Å². The van der Waals surface area contributed by atoms with Crippen molar-refractivity contribution in [3.05, 3.63) is 0 Å². The van der Waals surface area contributed by atoms with Gasteiger partial charge in [-0.15, -0.1) is 0 Å². The molecular weight excluding hydrogens is 140 g/mol. The maximum atomic E-state index is 8.85. The SMILES string of the molecule is CN1CCCCC1[C@@H](N)CO. The van der Waals surface area contributed by atoms with E-state index in [9.17, 15) is 0 Å². The van der Waals surface area contributed by atoms with Crippen molar-refractivity contribution in [2.45, 2.75) is 31.3 Å². The zero-order valence-corrected chi connectivity index (χ0v) is 7.16. The summed E-state index contributed by atoms with van der Waals surface area (Å²) < 4.78 is 0. The summed E-state index contributed by atoms with van der Waals surface area (Å²) >= 11 is 0. The van der Waals surface area contributed by atoms with Crippen molar-refractivity contribution in [2.24, 2.45) is 5.73 Å². The Morgan fingerprint density at radius 2 is 2.36 bits per heavy atom. The van der Waals surface area contributed by atoms with Gasteiger partial charge in [0.15, 0.2) is 0 Å². The van der Waals surface area contributed by atoms with Gasteiger partial charge in [0.05, 0.1) is 6.61 Å². The summed E-state index contributed by atoms with van der Waals surface area (Å²) in [5.41, 5.74) is 5.75. The highest BCUT2D eigenvalue weighted by Crippen LogP contribution is 2.16. The molecule has 0 aromatic rings. The van der Waals surface area contributed by atoms with Gasteiger partial charge in [-0.1, -0.05) is 6.42 Å². The second kappa shape index (κ2) is 4.04. The summed E-state index contributed by atoms with van der Waals surface area (Å²) in [6.07, 6.45) is 3.66. The van der Waals surface area contributed by atoms with Crippen LogP contribution in [0.25, 0.3) is 0 Å². The molecule has 1 unspecified atom stereocenters. The number of hydrogen-bond donors (Lipinski definition) is 2. The number of aliphatic hydroxyl groups excluding tert-OH is 1. The number of nitrogens with two attached hydrogens (primary N) is 1. The highest BCUT2D eigenvalue weighted by molar-refractivity contribution is 4.82. The average Bonchev–Trinajstić information content (AvgIpc) is 2.04. The molecule has 0 bridgehead atoms. The standard InChI is InChI=1S/C8H18N2O/c1-10-5-3-2-4-8(10)7(9)6-11/h7-8,11H,2-6,9H2,1H3/t7-,8?/m0/s1. The Hall–Kier alpha value is -0.120. The molecule has 0 aliphatic carbocycles. The van der Waals surface area contributed by atoms with Crippen molar-refractivity contribution in [3.8, 4) is 0 Å². The van der Waals surface area contributed by atoms with Gasteiger partial charge in [0.25, 0.3) is 0 Å². The zero-order valence-electron chi connectivity index (χ0n) is 7.16. The lowest BCUT2D eigenvalue weighted by molar-refractivity contribution is 0.125. The third-order valence-corrected chi connectivity index (χ3v) is 2.53. The Morgan fingerprint density at radius 1 is 1.64 bits per heavy atom. The van der Waals surface area contributed by atoms with Gasteiger partial charge >= 0.3 is 0 Å². The van der Waals surface area contributed by atoms with Gasteiger partial charge in [-0.2, -0.15) is 0 Å². The largest absolute Gasteiger partial charge is 0.395 e. The van der Waals surface area contributed by atoms with Crippen LogP contribution in [0.2, 0.25) is 0 Å². The number of likely N-dealkylation sites (tertiary alicyclic amines) is 1. The zero-order chi connectivity index (χ0) is 8.27. The summed E-state index contributed by atoms with van der Waals surface area (Å²) in [4.78, 5) is 2.25. The summed E-state index contributed by atoms with van der Waals surface area (Å²) in [6, 6.07) is 0.342. The molecular formula is C8H18N2O. The van der Waals surface area contributed by atoms with Crippen LogP contribution < -0.4 is 5.73 Å². The topological polar surface area (TPSA) is 49.5 Å². The highest BCUT2D eigenvalue weighted by Gasteiger charge is 2.23. The average molecular weight is 158 g/mol. The lowest BCUT2D eigenvalue weighted by atomic mass is 9.97. The molecule has 11 heavy (non-hydrogen) atoms. The Balaban J connectivity index is 2.40. The van der Waals surface area contributed by atoms with E-state index in [1.807, 2.05) is 0 Å². The van der Waals surface area contributed by atoms with Crippen LogP contribution in [-0.4, -0.2) is 42.3 Å². The predicted molar refractivity (Wildman–Crippen MR) is 45.3 cm³/mol. The van der Waals surface area contributed by atoms with E-state index in [-0.39, 0.29) is 12.6 Å². The molecule has 0 spiro atoms. The van der Waals surface area contributed by atoms with Crippen molar-refractivity contribution in [1.29, 1.82) is 0 Å². The minimum atomic E-state index is -0.0553. The summed E-state index contributed by atoms with van der Waals surface area (Å²) in [5, 5.41) is 8.85. The van der Waals surface area contributed by atoms with Crippen molar-refractivity contribution in [1.82, 2.24) is 4.90 Å². The predicted octanol–water partition coefficient (Wildman–Crippen LogP) is -0.210. The van der Waals surface area contributed by atoms with E-state index in [2.05, 4.69) is 11.9 Å². The van der Waals surface area contributed by atoms with Crippen molar-refractivity contribution in [3.63, 3.8) is 0 Å². The van der Waals surface area contributed by atoms with Gasteiger partial charge in [-0.05, 0) is 26.4 Å². The maximum absolute atomic E-state index is 8.85. The first-order chi connectivity index (χ1) is 5.25. The smallest absolute Gasteiger partial charge is 0.0597 e. The Labute approximate surface area is 68.2 Å². The van der Waals surface area contributed by atoms with Gasteiger partial charge in [-0.3, -0.25) is 0 Å². The Bertz CT molecular complexity index is 115. The molecule has 3 nitrogen and oxygen atoms in total. The molecule has 0 radical (unpaired) electrons. The van der Waals surface area contributed by atoms with E-state index < -0.39 is 0 Å². The van der Waals surface area contributed by atoms with Gasteiger partial charge in [0, 0.05) is 12.1 Å². The van der Waals surface area contributed by atoms with Gasteiger partial charge in [0.1, 0.15) is 0 Å². The fourth-order valence-electron chi connectivity index (χ4n) is 1.76. The molecule has 2 atom stereocenters. The fraction of sp³-hybridized carbons (Fsp3) is 1.00. The summed E-state index contributed by atoms with van der Waals surface area (Å²) in [5.74, 6) is 0. The van der Waals surface area contributed by atoms with Gasteiger partial charge < -0.3 is 15.7 Å². The Kier molecular flexibility index (Phi) is 3.30. The summed E-state index contributed by atoms with van der Waals surface area (Å²) in [7, 11) is 2.08. The molecule has 1 fully saturated rings. The van der Waals surface area contributed by atoms with Crippen LogP contribution in [0, 0.1) is 0 Å². The molecule has 3 N–H and O–H groups in total. The second-order valence-corrected chi connectivity index (χ2v) is 3.39. The van der Waals surface area contributed by atoms with Crippen LogP contribution in [-0.2, 0) is 0 Å². The number of hydrogen-bond acceptors (Lipinski definition) is 3. The molecule has 1 saturated heterocycles. The number of likely N-dealkylation sites (N-methyl/N-ethyl adjacent to an activating group) is 1. The monoisotopic (exact) mass is 158 g/mol. The molecule has 66 valence electrons. The van der Waals surface area contributed by atoms with Crippen molar-refractivity contribution in [2.75, 3.05) is 20.2 Å². The third kappa shape index (κ3) is 2.15. The van der Waals surface area contributed by atoms with Crippen LogP contribution in [0.3, 0.4) is 0 Å². The maximum Gasteiger partial charge on any atom is 0.0597 e. The molecule has 1 rings (SSSR count). The first-order valence-electron chi connectivity index (χ1n) is 4.32. The molecule has 0 aromatic carbocycles. The van der Waals surface area contributed by atoms with Crippen LogP contribution in [0.4, 0.5) is 0 Å². The van der Waals surface area contributed by atoms with Crippen LogP contribution in [0.15, 0.2) is 0 Å². The Morgan fingerprint density at radius 3 is 2.91 bits per heavy atom. The molecule has 0 aromatic heterocycles. The lowest BCUT2D eigenvalue weighted by Gasteiger charge is -2.35. The van der Waals surface area contributed by atoms with Crippen LogP contribution >= 0.6 is 0 Å². The fourth-order valence-corrected chi connectivity index (χ4v) is 1.76. The van der Waals surface area contributed by atoms with E-state index in [1.165, 1.54) is 12.8 Å². The van der Waals surface area contributed by atoms with E-state index >= 15 is 0 Å². The molecule has 0 amide bonds. The van der Waals surface area contributed by atoms with Gasteiger partial charge in [0.2, 0.25) is 0 Å². The number of rotatable bonds is 2. The van der Waals surface area contributed by atoms with E-state index in [1.54, 1.807) is 0 Å². The first kappa shape index (κ1) is 8.97. The van der Waals surface area contributed by atoms with E-state index in [0.29, 0.717) is 6.04 Å². The molecule has 1 aliphatic rings. The lowest BCUT2D eigenvalue weighted by Crippen LogP contribution is -2.50. The molecule has 3 heteroatoms. The van der Waals surface area contributed by atoms with Crippen molar-refractivity contribution >= 4 is 0 Å². The van der Waals surface area contributed by atoms with E-state index in [0.717, 1.165) is 13.0 Å². The van der Waals surface area contributed by atoms with Crippen LogP contribution in [0.5, 0.6) is 0 Å². The normalized spacial score (nSPS) is 30.3. The minimum Gasteiger partial charge on any atom is -0.395 e. The minimum absolute atomic E-state index is 0.0553. The number of piperidine rings is 1. The van der Waals surface area contributed by atoms with Crippen LogP contribution in [0.1, 0.15) is 19.3 Å². The third-order valence-electron chi connectivity index (χ3n) is 2.53. The van der Waals surface area contributed by atoms with Gasteiger partial charge in [-0.25, -0.2) is 0 Å². The first-order valence-corrected chi connectivity index (χ1v) is 4.32. The molecule has 1 heterocycles. The summed E-state index contributed by atoms with van der Waals surface area (Å²) in [6.45, 7) is 1.23.